The maximum absolute atomic E-state index is 11.9. The van der Waals surface area contributed by atoms with Gasteiger partial charge in [-0.05, 0) is 57.8 Å². The molecule has 1 fully saturated rings. The molecule has 0 saturated carbocycles. The van der Waals surface area contributed by atoms with E-state index in [4.69, 9.17) is 0 Å². The van der Waals surface area contributed by atoms with Crippen molar-refractivity contribution in [3.63, 3.8) is 0 Å². The summed E-state index contributed by atoms with van der Waals surface area (Å²) in [6.45, 7) is 4.21. The summed E-state index contributed by atoms with van der Waals surface area (Å²) < 4.78 is 0. The van der Waals surface area contributed by atoms with Gasteiger partial charge in [-0.1, -0.05) is 56.2 Å². The molecule has 0 spiro atoms. The van der Waals surface area contributed by atoms with Crippen molar-refractivity contribution in [2.24, 2.45) is 0 Å². The van der Waals surface area contributed by atoms with Crippen molar-refractivity contribution in [1.82, 2.24) is 4.90 Å². The van der Waals surface area contributed by atoms with Crippen LogP contribution < -0.4 is 0 Å². The second kappa shape index (κ2) is 15.2. The molecular formula is C22H37NO. The highest BCUT2D eigenvalue weighted by molar-refractivity contribution is 5.76. The van der Waals surface area contributed by atoms with Gasteiger partial charge in [0, 0.05) is 19.5 Å². The molecule has 1 amide bonds. The Balaban J connectivity index is 1.88. The van der Waals surface area contributed by atoms with Crippen molar-refractivity contribution in [1.29, 1.82) is 0 Å². The number of carbonyl (C=O) groups excluding carboxylic acids is 1. The van der Waals surface area contributed by atoms with Gasteiger partial charge in [0.05, 0.1) is 0 Å². The number of nitrogens with zero attached hydrogens (tertiary/aromatic N) is 1. The molecule has 0 aromatic carbocycles. The third-order valence-corrected chi connectivity index (χ3v) is 4.47. The van der Waals surface area contributed by atoms with Gasteiger partial charge < -0.3 is 4.90 Å². The van der Waals surface area contributed by atoms with Crippen LogP contribution in [0.5, 0.6) is 0 Å². The van der Waals surface area contributed by atoms with E-state index in [0.29, 0.717) is 5.91 Å². The molecule has 2 heteroatoms. The highest BCUT2D eigenvalue weighted by Gasteiger charge is 2.16. The van der Waals surface area contributed by atoms with Crippen LogP contribution in [0.4, 0.5) is 0 Å². The Hall–Kier alpha value is -1.31. The molecule has 0 bridgehead atoms. The number of likely N-dealkylation sites (tertiary alicyclic amines) is 1. The Kier molecular flexibility index (Phi) is 13.2. The molecule has 0 aliphatic carbocycles. The molecule has 1 saturated heterocycles. The molecule has 1 rings (SSSR count). The molecule has 0 N–H and O–H groups in total. The first-order chi connectivity index (χ1) is 11.8. The average Bonchev–Trinajstić information content (AvgIpc) is 3.13. The second-order valence-electron chi connectivity index (χ2n) is 6.70. The SMILES string of the molecule is CCCCC/C=C\C/C=C\CC/C=C\CCCC(=O)N1CCCC1. The third kappa shape index (κ3) is 11.3. The molecule has 1 aliphatic rings. The summed E-state index contributed by atoms with van der Waals surface area (Å²) in [7, 11) is 0. The van der Waals surface area contributed by atoms with E-state index in [0.717, 1.165) is 51.6 Å². The van der Waals surface area contributed by atoms with Crippen molar-refractivity contribution in [3.8, 4) is 0 Å². The number of rotatable bonds is 13. The topological polar surface area (TPSA) is 20.3 Å². The lowest BCUT2D eigenvalue weighted by atomic mass is 10.2. The lowest BCUT2D eigenvalue weighted by Gasteiger charge is -2.14. The van der Waals surface area contributed by atoms with E-state index in [1.807, 2.05) is 4.90 Å². The van der Waals surface area contributed by atoms with Crippen LogP contribution in [-0.2, 0) is 4.79 Å². The molecule has 0 aromatic rings. The van der Waals surface area contributed by atoms with Gasteiger partial charge in [0.25, 0.3) is 0 Å². The van der Waals surface area contributed by atoms with Crippen molar-refractivity contribution in [3.05, 3.63) is 36.5 Å². The first-order valence-electron chi connectivity index (χ1n) is 10.1. The zero-order chi connectivity index (χ0) is 17.3. The van der Waals surface area contributed by atoms with Gasteiger partial charge in [0.1, 0.15) is 0 Å². The van der Waals surface area contributed by atoms with Crippen LogP contribution in [0.3, 0.4) is 0 Å². The van der Waals surface area contributed by atoms with Crippen LogP contribution in [0, 0.1) is 0 Å². The maximum atomic E-state index is 11.9. The standard InChI is InChI=1S/C22H37NO/c1-2-3-4-5-6-7-8-9-10-11-12-13-14-15-16-19-22(24)23-20-17-18-21-23/h6-7,9-10,13-14H,2-5,8,11-12,15-21H2,1H3/b7-6-,10-9-,14-13-. The second-order valence-corrected chi connectivity index (χ2v) is 6.70. The van der Waals surface area contributed by atoms with Crippen LogP contribution in [0.1, 0.15) is 84.0 Å². The minimum absolute atomic E-state index is 0.353. The molecule has 24 heavy (non-hydrogen) atoms. The zero-order valence-corrected chi connectivity index (χ0v) is 15.7. The quantitative estimate of drug-likeness (QED) is 0.291. The van der Waals surface area contributed by atoms with E-state index < -0.39 is 0 Å². The lowest BCUT2D eigenvalue weighted by molar-refractivity contribution is -0.130. The maximum Gasteiger partial charge on any atom is 0.222 e. The van der Waals surface area contributed by atoms with Crippen molar-refractivity contribution < 1.29 is 4.79 Å². The first-order valence-corrected chi connectivity index (χ1v) is 10.1. The van der Waals surface area contributed by atoms with Crippen molar-refractivity contribution in [2.75, 3.05) is 13.1 Å². The summed E-state index contributed by atoms with van der Waals surface area (Å²) >= 11 is 0. The summed E-state index contributed by atoms with van der Waals surface area (Å²) in [6, 6.07) is 0. The van der Waals surface area contributed by atoms with Gasteiger partial charge in [-0.2, -0.15) is 0 Å². The minimum atomic E-state index is 0.353. The largest absolute Gasteiger partial charge is 0.343 e. The molecule has 1 heterocycles. The van der Waals surface area contributed by atoms with Crippen molar-refractivity contribution in [2.45, 2.75) is 84.0 Å². The van der Waals surface area contributed by atoms with Crippen LogP contribution in [0.25, 0.3) is 0 Å². The smallest absolute Gasteiger partial charge is 0.222 e. The third-order valence-electron chi connectivity index (χ3n) is 4.47. The Labute approximate surface area is 149 Å². The lowest BCUT2D eigenvalue weighted by Crippen LogP contribution is -2.27. The molecule has 0 aromatic heterocycles. The average molecular weight is 332 g/mol. The highest BCUT2D eigenvalue weighted by atomic mass is 16.2. The van der Waals surface area contributed by atoms with E-state index in [1.54, 1.807) is 0 Å². The number of unbranched alkanes of at least 4 members (excludes halogenated alkanes) is 5. The summed E-state index contributed by atoms with van der Waals surface area (Å²) in [5.74, 6) is 0.353. The van der Waals surface area contributed by atoms with E-state index in [1.165, 1.54) is 38.5 Å². The Bertz CT molecular complexity index is 389. The number of carbonyl (C=O) groups is 1. The number of amides is 1. The molecular weight excluding hydrogens is 294 g/mol. The van der Waals surface area contributed by atoms with E-state index >= 15 is 0 Å². The molecule has 1 aliphatic heterocycles. The van der Waals surface area contributed by atoms with E-state index in [2.05, 4.69) is 43.4 Å². The van der Waals surface area contributed by atoms with Gasteiger partial charge in [-0.3, -0.25) is 4.79 Å². The fourth-order valence-electron chi connectivity index (χ4n) is 2.94. The molecule has 136 valence electrons. The van der Waals surface area contributed by atoms with Gasteiger partial charge >= 0.3 is 0 Å². The Morgan fingerprint density at radius 2 is 1.38 bits per heavy atom. The molecule has 0 radical (unpaired) electrons. The summed E-state index contributed by atoms with van der Waals surface area (Å²) in [4.78, 5) is 13.9. The number of hydrogen-bond acceptors (Lipinski definition) is 1. The van der Waals surface area contributed by atoms with Gasteiger partial charge in [-0.15, -0.1) is 0 Å². The van der Waals surface area contributed by atoms with E-state index in [9.17, 15) is 4.79 Å². The summed E-state index contributed by atoms with van der Waals surface area (Å²) in [6.07, 6.45) is 27.2. The fraction of sp³-hybridized carbons (Fsp3) is 0.682. The summed E-state index contributed by atoms with van der Waals surface area (Å²) in [5, 5.41) is 0. The van der Waals surface area contributed by atoms with Gasteiger partial charge in [-0.25, -0.2) is 0 Å². The monoisotopic (exact) mass is 331 g/mol. The molecule has 2 nitrogen and oxygen atoms in total. The van der Waals surface area contributed by atoms with E-state index in [-0.39, 0.29) is 0 Å². The predicted molar refractivity (Wildman–Crippen MR) is 105 cm³/mol. The molecule has 0 unspecified atom stereocenters. The highest BCUT2D eigenvalue weighted by Crippen LogP contribution is 2.11. The van der Waals surface area contributed by atoms with Crippen LogP contribution >= 0.6 is 0 Å². The first kappa shape index (κ1) is 20.7. The number of allylic oxidation sites excluding steroid dienone is 6. The van der Waals surface area contributed by atoms with Crippen molar-refractivity contribution >= 4 is 5.91 Å². The summed E-state index contributed by atoms with van der Waals surface area (Å²) in [5.41, 5.74) is 0. The number of hydrogen-bond donors (Lipinski definition) is 0. The molecule has 0 atom stereocenters. The minimum Gasteiger partial charge on any atom is -0.343 e. The van der Waals surface area contributed by atoms with Gasteiger partial charge in [0.15, 0.2) is 0 Å². The fourth-order valence-corrected chi connectivity index (χ4v) is 2.94. The zero-order valence-electron chi connectivity index (χ0n) is 15.7. The normalized spacial score (nSPS) is 15.5. The predicted octanol–water partition coefficient (Wildman–Crippen LogP) is 6.20. The Morgan fingerprint density at radius 1 is 0.792 bits per heavy atom. The van der Waals surface area contributed by atoms with Crippen LogP contribution in [-0.4, -0.2) is 23.9 Å². The van der Waals surface area contributed by atoms with Crippen LogP contribution in [0.15, 0.2) is 36.5 Å². The van der Waals surface area contributed by atoms with Crippen LogP contribution in [0.2, 0.25) is 0 Å². The Morgan fingerprint density at radius 3 is 2.08 bits per heavy atom. The van der Waals surface area contributed by atoms with Gasteiger partial charge in [0.2, 0.25) is 5.91 Å².